The summed E-state index contributed by atoms with van der Waals surface area (Å²) >= 11 is 5.02. The zero-order valence-corrected chi connectivity index (χ0v) is 10.9. The van der Waals surface area contributed by atoms with Gasteiger partial charge in [0.15, 0.2) is 5.82 Å². The Bertz CT molecular complexity index is 401. The van der Waals surface area contributed by atoms with E-state index >= 15 is 0 Å². The molecule has 0 amide bonds. The molecule has 1 saturated carbocycles. The average Bonchev–Trinajstić information content (AvgIpc) is 2.39. The summed E-state index contributed by atoms with van der Waals surface area (Å²) in [6, 6.07) is 0.536. The number of rotatable bonds is 3. The molecule has 17 heavy (non-hydrogen) atoms. The minimum Gasteiger partial charge on any atom is -0.388 e. The van der Waals surface area contributed by atoms with Gasteiger partial charge >= 0.3 is 0 Å². The fraction of sp³-hybridized carbons (Fsp3) is 0.583. The van der Waals surface area contributed by atoms with Crippen molar-refractivity contribution >= 4 is 23.0 Å². The predicted octanol–water partition coefficient (Wildman–Crippen LogP) is 1.88. The van der Waals surface area contributed by atoms with Gasteiger partial charge in [-0.2, -0.15) is 0 Å². The van der Waals surface area contributed by atoms with Gasteiger partial charge in [-0.1, -0.05) is 31.5 Å². The fourth-order valence-electron chi connectivity index (χ4n) is 2.40. The molecule has 2 N–H and O–H groups in total. The number of hydrogen-bond acceptors (Lipinski definition) is 4. The van der Waals surface area contributed by atoms with E-state index in [4.69, 9.17) is 18.0 Å². The van der Waals surface area contributed by atoms with Gasteiger partial charge < -0.3 is 10.6 Å². The van der Waals surface area contributed by atoms with Crippen LogP contribution in [0.1, 0.15) is 37.8 Å². The van der Waals surface area contributed by atoms with E-state index in [1.54, 1.807) is 12.4 Å². The number of nitrogens with zero attached hydrogens (tertiary/aromatic N) is 3. The minimum atomic E-state index is 0.316. The van der Waals surface area contributed by atoms with Crippen LogP contribution in [-0.4, -0.2) is 28.0 Å². The summed E-state index contributed by atoms with van der Waals surface area (Å²) in [4.78, 5) is 11.1. The smallest absolute Gasteiger partial charge is 0.157 e. The molecule has 0 atom stereocenters. The summed E-state index contributed by atoms with van der Waals surface area (Å²) in [6.45, 7) is 0. The van der Waals surface area contributed by atoms with Crippen molar-refractivity contribution in [3.8, 4) is 0 Å². The maximum Gasteiger partial charge on any atom is 0.157 e. The topological polar surface area (TPSA) is 55.0 Å². The zero-order chi connectivity index (χ0) is 12.3. The van der Waals surface area contributed by atoms with Crippen LogP contribution >= 0.6 is 12.2 Å². The minimum absolute atomic E-state index is 0.316. The molecule has 0 spiro atoms. The Morgan fingerprint density at radius 3 is 2.59 bits per heavy atom. The molecule has 0 aliphatic heterocycles. The Labute approximate surface area is 107 Å². The zero-order valence-electron chi connectivity index (χ0n) is 10.1. The van der Waals surface area contributed by atoms with Crippen LogP contribution in [0.5, 0.6) is 0 Å². The molecule has 4 nitrogen and oxygen atoms in total. The van der Waals surface area contributed by atoms with Crippen LogP contribution in [0.25, 0.3) is 0 Å². The highest BCUT2D eigenvalue weighted by molar-refractivity contribution is 7.80. The summed E-state index contributed by atoms with van der Waals surface area (Å²) in [5.74, 6) is 0.812. The predicted molar refractivity (Wildman–Crippen MR) is 73.2 cm³/mol. The van der Waals surface area contributed by atoms with Crippen LogP contribution in [-0.2, 0) is 0 Å². The summed E-state index contributed by atoms with van der Waals surface area (Å²) < 4.78 is 0. The molecule has 2 rings (SSSR count). The molecule has 1 aliphatic carbocycles. The SMILES string of the molecule is CN(c1nccnc1C(N)=S)C1CCCCC1. The molecule has 0 bridgehead atoms. The molecule has 5 heteroatoms. The quantitative estimate of drug-likeness (QED) is 0.830. The van der Waals surface area contributed by atoms with Crippen molar-refractivity contribution in [2.75, 3.05) is 11.9 Å². The number of aromatic nitrogens is 2. The van der Waals surface area contributed by atoms with Gasteiger partial charge in [0.25, 0.3) is 0 Å². The number of hydrogen-bond donors (Lipinski definition) is 1. The van der Waals surface area contributed by atoms with Crippen molar-refractivity contribution < 1.29 is 0 Å². The monoisotopic (exact) mass is 250 g/mol. The normalized spacial score (nSPS) is 16.8. The van der Waals surface area contributed by atoms with Gasteiger partial charge in [-0.15, -0.1) is 0 Å². The largest absolute Gasteiger partial charge is 0.388 e. The van der Waals surface area contributed by atoms with E-state index in [1.807, 2.05) is 0 Å². The molecular weight excluding hydrogens is 232 g/mol. The van der Waals surface area contributed by atoms with Crippen LogP contribution in [0.3, 0.4) is 0 Å². The Morgan fingerprint density at radius 2 is 1.94 bits per heavy atom. The second kappa shape index (κ2) is 5.40. The highest BCUT2D eigenvalue weighted by atomic mass is 32.1. The maximum absolute atomic E-state index is 5.68. The van der Waals surface area contributed by atoms with E-state index in [0.29, 0.717) is 16.7 Å². The van der Waals surface area contributed by atoms with Crippen LogP contribution < -0.4 is 10.6 Å². The Morgan fingerprint density at radius 1 is 1.29 bits per heavy atom. The second-order valence-corrected chi connectivity index (χ2v) is 4.94. The third-order valence-electron chi connectivity index (χ3n) is 3.37. The van der Waals surface area contributed by atoms with Gasteiger partial charge in [0.2, 0.25) is 0 Å². The molecule has 0 saturated heterocycles. The number of anilines is 1. The lowest BCUT2D eigenvalue weighted by atomic mass is 9.94. The van der Waals surface area contributed by atoms with E-state index in [-0.39, 0.29) is 0 Å². The Balaban J connectivity index is 2.23. The second-order valence-electron chi connectivity index (χ2n) is 4.50. The van der Waals surface area contributed by atoms with E-state index in [0.717, 1.165) is 5.82 Å². The van der Waals surface area contributed by atoms with E-state index in [1.165, 1.54) is 32.1 Å². The van der Waals surface area contributed by atoms with Crippen LogP contribution in [0.2, 0.25) is 0 Å². The highest BCUT2D eigenvalue weighted by Crippen LogP contribution is 2.26. The molecule has 1 aromatic heterocycles. The molecule has 1 aliphatic rings. The van der Waals surface area contributed by atoms with Crippen LogP contribution in [0.15, 0.2) is 12.4 Å². The first-order valence-electron chi connectivity index (χ1n) is 6.04. The standard InChI is InChI=1S/C12H18N4S/c1-16(9-5-3-2-4-6-9)12-10(11(13)17)14-7-8-15-12/h7-9H,2-6H2,1H3,(H2,13,17). The summed E-state index contributed by atoms with van der Waals surface area (Å²) in [7, 11) is 2.06. The molecule has 1 heterocycles. The summed E-state index contributed by atoms with van der Waals surface area (Å²) in [6.07, 6.45) is 9.67. The first kappa shape index (κ1) is 12.2. The van der Waals surface area contributed by atoms with Gasteiger partial charge in [0.1, 0.15) is 10.7 Å². The lowest BCUT2D eigenvalue weighted by molar-refractivity contribution is 0.425. The van der Waals surface area contributed by atoms with Crippen molar-refractivity contribution in [2.45, 2.75) is 38.1 Å². The fourth-order valence-corrected chi connectivity index (χ4v) is 2.55. The number of thiocarbonyl (C=S) groups is 1. The lowest BCUT2D eigenvalue weighted by Gasteiger charge is -2.32. The van der Waals surface area contributed by atoms with Crippen molar-refractivity contribution in [3.05, 3.63) is 18.1 Å². The van der Waals surface area contributed by atoms with Gasteiger partial charge in [-0.25, -0.2) is 9.97 Å². The Kier molecular flexibility index (Phi) is 3.89. The third-order valence-corrected chi connectivity index (χ3v) is 3.56. The van der Waals surface area contributed by atoms with Gasteiger partial charge in [-0.05, 0) is 12.8 Å². The molecule has 1 fully saturated rings. The van der Waals surface area contributed by atoms with Crippen LogP contribution in [0.4, 0.5) is 5.82 Å². The van der Waals surface area contributed by atoms with E-state index < -0.39 is 0 Å². The number of nitrogens with two attached hydrogens (primary N) is 1. The molecule has 0 aromatic carbocycles. The van der Waals surface area contributed by atoms with Crippen molar-refractivity contribution in [2.24, 2.45) is 5.73 Å². The summed E-state index contributed by atoms with van der Waals surface area (Å²) in [5.41, 5.74) is 6.32. The third kappa shape index (κ3) is 2.72. The first-order chi connectivity index (χ1) is 8.20. The molecule has 0 unspecified atom stereocenters. The molecule has 1 aromatic rings. The lowest BCUT2D eigenvalue weighted by Crippen LogP contribution is -2.35. The Hall–Kier alpha value is -1.23. The van der Waals surface area contributed by atoms with Crippen molar-refractivity contribution in [1.82, 2.24) is 9.97 Å². The van der Waals surface area contributed by atoms with Crippen molar-refractivity contribution in [3.63, 3.8) is 0 Å². The van der Waals surface area contributed by atoms with E-state index in [9.17, 15) is 0 Å². The van der Waals surface area contributed by atoms with Crippen molar-refractivity contribution in [1.29, 1.82) is 0 Å². The van der Waals surface area contributed by atoms with E-state index in [2.05, 4.69) is 21.9 Å². The van der Waals surface area contributed by atoms with Gasteiger partial charge in [-0.3, -0.25) is 0 Å². The maximum atomic E-state index is 5.68. The molecule has 0 radical (unpaired) electrons. The van der Waals surface area contributed by atoms with Crippen LogP contribution in [0, 0.1) is 0 Å². The molecular formula is C12H18N4S. The molecule has 92 valence electrons. The van der Waals surface area contributed by atoms with Gasteiger partial charge in [0, 0.05) is 25.5 Å². The van der Waals surface area contributed by atoms with Gasteiger partial charge in [0.05, 0.1) is 0 Å². The first-order valence-corrected chi connectivity index (χ1v) is 6.44. The summed E-state index contributed by atoms with van der Waals surface area (Å²) in [5, 5.41) is 0. The average molecular weight is 250 g/mol. The highest BCUT2D eigenvalue weighted by Gasteiger charge is 2.22.